The van der Waals surface area contributed by atoms with Crippen molar-refractivity contribution < 1.29 is 13.2 Å². The lowest BCUT2D eigenvalue weighted by molar-refractivity contribution is -0.129. The minimum Gasteiger partial charge on any atom is -0.340 e. The van der Waals surface area contributed by atoms with Crippen molar-refractivity contribution in [3.05, 3.63) is 0 Å². The summed E-state index contributed by atoms with van der Waals surface area (Å²) in [6.45, 7) is 3.02. The Morgan fingerprint density at radius 3 is 2.69 bits per heavy atom. The van der Waals surface area contributed by atoms with Gasteiger partial charge in [0.2, 0.25) is 15.9 Å². The minimum absolute atomic E-state index is 0.00537. The van der Waals surface area contributed by atoms with Crippen molar-refractivity contribution in [3.63, 3.8) is 0 Å². The van der Waals surface area contributed by atoms with Crippen molar-refractivity contribution in [2.45, 2.75) is 19.4 Å². The fourth-order valence-corrected chi connectivity index (χ4v) is 2.80. The van der Waals surface area contributed by atoms with E-state index in [1.165, 1.54) is 0 Å². The van der Waals surface area contributed by atoms with Gasteiger partial charge in [0, 0.05) is 19.6 Å². The molecule has 1 rings (SSSR count). The highest BCUT2D eigenvalue weighted by Gasteiger charge is 2.30. The number of nitrogens with one attached hydrogen (secondary N) is 2. The number of carbonyl (C=O) groups excluding carboxylic acids is 1. The quantitative estimate of drug-likeness (QED) is 0.616. The standard InChI is InChI=1S/C9H19N3O3S/c1-3-11-16(14,15)7-6-12-5-4-8(10-2)9(12)13/h8,10-11H,3-7H2,1-2H3. The van der Waals surface area contributed by atoms with Gasteiger partial charge >= 0.3 is 0 Å². The number of likely N-dealkylation sites (N-methyl/N-ethyl adjacent to an activating group) is 1. The first-order chi connectivity index (χ1) is 7.50. The molecule has 0 aromatic rings. The molecule has 0 aromatic carbocycles. The van der Waals surface area contributed by atoms with Crippen LogP contribution in [-0.4, -0.2) is 57.7 Å². The maximum atomic E-state index is 11.7. The number of hydrogen-bond donors (Lipinski definition) is 2. The molecule has 1 saturated heterocycles. The van der Waals surface area contributed by atoms with Gasteiger partial charge in [-0.15, -0.1) is 0 Å². The molecule has 2 N–H and O–H groups in total. The normalized spacial score (nSPS) is 21.8. The first kappa shape index (κ1) is 13.4. The molecule has 0 radical (unpaired) electrons. The second kappa shape index (κ2) is 5.60. The molecular formula is C9H19N3O3S. The van der Waals surface area contributed by atoms with Crippen molar-refractivity contribution in [1.82, 2.24) is 14.9 Å². The van der Waals surface area contributed by atoms with E-state index >= 15 is 0 Å². The molecule has 0 saturated carbocycles. The van der Waals surface area contributed by atoms with Crippen molar-refractivity contribution in [1.29, 1.82) is 0 Å². The molecule has 1 aliphatic rings. The largest absolute Gasteiger partial charge is 0.340 e. The third kappa shape index (κ3) is 3.43. The molecule has 1 aliphatic heterocycles. The Morgan fingerprint density at radius 2 is 2.19 bits per heavy atom. The maximum Gasteiger partial charge on any atom is 0.239 e. The van der Waals surface area contributed by atoms with Gasteiger partial charge in [0.15, 0.2) is 0 Å². The summed E-state index contributed by atoms with van der Waals surface area (Å²) in [6, 6.07) is -0.151. The van der Waals surface area contributed by atoms with Crippen molar-refractivity contribution in [2.24, 2.45) is 0 Å². The summed E-state index contributed by atoms with van der Waals surface area (Å²) < 4.78 is 25.2. The van der Waals surface area contributed by atoms with Gasteiger partial charge in [0.25, 0.3) is 0 Å². The van der Waals surface area contributed by atoms with Gasteiger partial charge in [0.05, 0.1) is 11.8 Å². The summed E-state index contributed by atoms with van der Waals surface area (Å²) in [7, 11) is -1.49. The van der Waals surface area contributed by atoms with E-state index in [0.717, 1.165) is 6.42 Å². The van der Waals surface area contributed by atoms with E-state index in [1.807, 2.05) is 0 Å². The zero-order valence-electron chi connectivity index (χ0n) is 9.69. The summed E-state index contributed by atoms with van der Waals surface area (Å²) >= 11 is 0. The van der Waals surface area contributed by atoms with Crippen LogP contribution in [0.4, 0.5) is 0 Å². The SMILES string of the molecule is CCNS(=O)(=O)CCN1CCC(NC)C1=O. The maximum absolute atomic E-state index is 11.7. The first-order valence-corrected chi connectivity index (χ1v) is 7.08. The van der Waals surface area contributed by atoms with E-state index in [-0.39, 0.29) is 24.2 Å². The van der Waals surface area contributed by atoms with Crippen molar-refractivity contribution in [3.8, 4) is 0 Å². The zero-order valence-corrected chi connectivity index (χ0v) is 10.5. The van der Waals surface area contributed by atoms with Gasteiger partial charge < -0.3 is 10.2 Å². The van der Waals surface area contributed by atoms with Crippen LogP contribution >= 0.6 is 0 Å². The predicted octanol–water partition coefficient (Wildman–Crippen LogP) is -1.25. The zero-order chi connectivity index (χ0) is 12.2. The topological polar surface area (TPSA) is 78.5 Å². The number of likely N-dealkylation sites (tertiary alicyclic amines) is 1. The fourth-order valence-electron chi connectivity index (χ4n) is 1.75. The van der Waals surface area contributed by atoms with Crippen LogP contribution in [0.3, 0.4) is 0 Å². The molecule has 1 atom stereocenters. The second-order valence-electron chi connectivity index (χ2n) is 3.77. The average Bonchev–Trinajstić information content (AvgIpc) is 2.56. The summed E-state index contributed by atoms with van der Waals surface area (Å²) in [5.41, 5.74) is 0. The molecule has 0 aliphatic carbocycles. The van der Waals surface area contributed by atoms with Gasteiger partial charge in [-0.2, -0.15) is 0 Å². The monoisotopic (exact) mass is 249 g/mol. The predicted molar refractivity (Wildman–Crippen MR) is 61.5 cm³/mol. The Bertz CT molecular complexity index is 342. The van der Waals surface area contributed by atoms with Gasteiger partial charge in [-0.1, -0.05) is 6.92 Å². The number of amides is 1. The fraction of sp³-hybridized carbons (Fsp3) is 0.889. The molecule has 16 heavy (non-hydrogen) atoms. The third-order valence-corrected chi connectivity index (χ3v) is 4.09. The van der Waals surface area contributed by atoms with Crippen LogP contribution in [0.2, 0.25) is 0 Å². The van der Waals surface area contributed by atoms with Crippen LogP contribution in [0.1, 0.15) is 13.3 Å². The lowest BCUT2D eigenvalue weighted by atomic mass is 10.3. The Morgan fingerprint density at radius 1 is 1.50 bits per heavy atom. The van der Waals surface area contributed by atoms with E-state index in [4.69, 9.17) is 0 Å². The van der Waals surface area contributed by atoms with E-state index in [9.17, 15) is 13.2 Å². The van der Waals surface area contributed by atoms with Gasteiger partial charge in [-0.05, 0) is 13.5 Å². The summed E-state index contributed by atoms with van der Waals surface area (Å²) in [6.07, 6.45) is 0.747. The molecule has 94 valence electrons. The number of sulfonamides is 1. The molecule has 0 aromatic heterocycles. The summed E-state index contributed by atoms with van der Waals surface area (Å²) in [4.78, 5) is 13.3. The Kier molecular flexibility index (Phi) is 4.69. The summed E-state index contributed by atoms with van der Waals surface area (Å²) in [5, 5.41) is 2.91. The molecule has 1 heterocycles. The molecular weight excluding hydrogens is 230 g/mol. The highest BCUT2D eigenvalue weighted by molar-refractivity contribution is 7.89. The second-order valence-corrected chi connectivity index (χ2v) is 5.70. The van der Waals surface area contributed by atoms with Crippen LogP contribution in [0.15, 0.2) is 0 Å². The van der Waals surface area contributed by atoms with Crippen LogP contribution in [-0.2, 0) is 14.8 Å². The highest BCUT2D eigenvalue weighted by Crippen LogP contribution is 2.10. The Labute approximate surface area is 96.4 Å². The van der Waals surface area contributed by atoms with Gasteiger partial charge in [-0.3, -0.25) is 4.79 Å². The lowest BCUT2D eigenvalue weighted by Crippen LogP contribution is -2.39. The number of carbonyl (C=O) groups is 1. The molecule has 6 nitrogen and oxygen atoms in total. The van der Waals surface area contributed by atoms with E-state index < -0.39 is 10.0 Å². The number of hydrogen-bond acceptors (Lipinski definition) is 4. The molecule has 1 amide bonds. The number of rotatable bonds is 6. The van der Waals surface area contributed by atoms with Gasteiger partial charge in [-0.25, -0.2) is 13.1 Å². The Balaban J connectivity index is 2.43. The summed E-state index contributed by atoms with van der Waals surface area (Å²) in [5.74, 6) is -0.0302. The van der Waals surface area contributed by atoms with E-state index in [0.29, 0.717) is 13.1 Å². The van der Waals surface area contributed by atoms with Crippen LogP contribution in [0.5, 0.6) is 0 Å². The molecule has 0 bridgehead atoms. The number of nitrogens with zero attached hydrogens (tertiary/aromatic N) is 1. The molecule has 1 unspecified atom stereocenters. The molecule has 0 spiro atoms. The molecule has 7 heteroatoms. The lowest BCUT2D eigenvalue weighted by Gasteiger charge is -2.16. The smallest absolute Gasteiger partial charge is 0.239 e. The minimum atomic E-state index is -3.23. The van der Waals surface area contributed by atoms with Crippen LogP contribution in [0.25, 0.3) is 0 Å². The van der Waals surface area contributed by atoms with Gasteiger partial charge in [0.1, 0.15) is 0 Å². The first-order valence-electron chi connectivity index (χ1n) is 5.43. The third-order valence-electron chi connectivity index (χ3n) is 2.64. The Hall–Kier alpha value is -0.660. The van der Waals surface area contributed by atoms with Crippen LogP contribution < -0.4 is 10.0 Å². The highest BCUT2D eigenvalue weighted by atomic mass is 32.2. The average molecular weight is 249 g/mol. The van der Waals surface area contributed by atoms with Crippen LogP contribution in [0, 0.1) is 0 Å². The molecule has 1 fully saturated rings. The van der Waals surface area contributed by atoms with Crippen molar-refractivity contribution >= 4 is 15.9 Å². The van der Waals surface area contributed by atoms with E-state index in [1.54, 1.807) is 18.9 Å². The van der Waals surface area contributed by atoms with Crippen molar-refractivity contribution in [2.75, 3.05) is 32.4 Å². The van der Waals surface area contributed by atoms with E-state index in [2.05, 4.69) is 10.0 Å².